The number of hydrogen-bond acceptors (Lipinski definition) is 2. The Kier molecular flexibility index (Phi) is 2.49. The number of esters is 1. The molecule has 10 heavy (non-hydrogen) atoms. The summed E-state index contributed by atoms with van der Waals surface area (Å²) < 4.78 is 4.69. The van der Waals surface area contributed by atoms with Crippen molar-refractivity contribution in [1.82, 2.24) is 0 Å². The molecule has 1 aliphatic carbocycles. The van der Waals surface area contributed by atoms with Crippen LogP contribution in [0.5, 0.6) is 0 Å². The molecule has 0 aromatic heterocycles. The summed E-state index contributed by atoms with van der Waals surface area (Å²) in [5, 5.41) is 0. The lowest BCUT2D eigenvalue weighted by atomic mass is 10.4. The monoisotopic (exact) mass is 140 g/mol. The minimum Gasteiger partial charge on any atom is -0.463 e. The summed E-state index contributed by atoms with van der Waals surface area (Å²) in [5.74, 6) is 0.443. The first-order chi connectivity index (χ1) is 4.83. The molecule has 56 valence electrons. The highest BCUT2D eigenvalue weighted by Crippen LogP contribution is 2.29. The van der Waals surface area contributed by atoms with E-state index in [0.29, 0.717) is 12.5 Å². The third-order valence-corrected chi connectivity index (χ3v) is 1.41. The van der Waals surface area contributed by atoms with Crippen LogP contribution in [-0.2, 0) is 9.53 Å². The van der Waals surface area contributed by atoms with Gasteiger partial charge in [0.25, 0.3) is 0 Å². The van der Waals surface area contributed by atoms with Crippen molar-refractivity contribution in [3.63, 3.8) is 0 Å². The smallest absolute Gasteiger partial charge is 0.330 e. The normalized spacial score (nSPS) is 17.7. The number of ether oxygens (including phenoxy) is 1. The highest BCUT2D eigenvalue weighted by molar-refractivity contribution is 5.81. The van der Waals surface area contributed by atoms with Crippen LogP contribution in [0, 0.1) is 5.92 Å². The summed E-state index contributed by atoms with van der Waals surface area (Å²) in [7, 11) is 0. The Hall–Kier alpha value is -0.790. The van der Waals surface area contributed by atoms with Gasteiger partial charge in [-0.25, -0.2) is 4.79 Å². The van der Waals surface area contributed by atoms with Crippen LogP contribution >= 0.6 is 0 Å². The third kappa shape index (κ3) is 2.67. The van der Waals surface area contributed by atoms with Crippen LogP contribution < -0.4 is 0 Å². The van der Waals surface area contributed by atoms with E-state index in [1.807, 2.05) is 13.0 Å². The fourth-order valence-corrected chi connectivity index (χ4v) is 0.694. The van der Waals surface area contributed by atoms with E-state index in [0.717, 1.165) is 0 Å². The molecule has 1 rings (SSSR count). The van der Waals surface area contributed by atoms with Gasteiger partial charge >= 0.3 is 5.97 Å². The summed E-state index contributed by atoms with van der Waals surface area (Å²) in [6, 6.07) is 0. The largest absolute Gasteiger partial charge is 0.463 e. The zero-order valence-corrected chi connectivity index (χ0v) is 6.17. The van der Waals surface area contributed by atoms with E-state index in [2.05, 4.69) is 0 Å². The van der Waals surface area contributed by atoms with Gasteiger partial charge in [0.1, 0.15) is 0 Å². The van der Waals surface area contributed by atoms with Crippen molar-refractivity contribution in [3.8, 4) is 0 Å². The highest BCUT2D eigenvalue weighted by Gasteiger charge is 2.17. The predicted octanol–water partition coefficient (Wildman–Crippen LogP) is 1.52. The first kappa shape index (κ1) is 7.32. The average Bonchev–Trinajstić information content (AvgIpc) is 2.67. The fourth-order valence-electron chi connectivity index (χ4n) is 0.694. The van der Waals surface area contributed by atoms with Crippen LogP contribution in [0.3, 0.4) is 0 Å². The molecule has 0 aromatic carbocycles. The van der Waals surface area contributed by atoms with Crippen molar-refractivity contribution in [2.45, 2.75) is 19.8 Å². The maximum Gasteiger partial charge on any atom is 0.330 e. The molecule has 0 N–H and O–H groups in total. The second kappa shape index (κ2) is 3.40. The van der Waals surface area contributed by atoms with Gasteiger partial charge in [0.2, 0.25) is 0 Å². The predicted molar refractivity (Wildman–Crippen MR) is 38.5 cm³/mol. The number of hydrogen-bond donors (Lipinski definition) is 0. The Morgan fingerprint density at radius 2 is 2.40 bits per heavy atom. The van der Waals surface area contributed by atoms with Crippen LogP contribution in [0.25, 0.3) is 0 Å². The van der Waals surface area contributed by atoms with Crippen molar-refractivity contribution in [2.24, 2.45) is 5.92 Å². The number of carbonyl (C=O) groups excluding carboxylic acids is 1. The van der Waals surface area contributed by atoms with Crippen molar-refractivity contribution >= 4 is 5.97 Å². The Balaban J connectivity index is 2.15. The van der Waals surface area contributed by atoms with E-state index in [-0.39, 0.29) is 5.97 Å². The molecular formula is C8H12O2. The van der Waals surface area contributed by atoms with Gasteiger partial charge in [-0.1, -0.05) is 6.08 Å². The molecule has 0 spiro atoms. The van der Waals surface area contributed by atoms with Crippen LogP contribution in [0.1, 0.15) is 19.8 Å². The molecule has 0 aliphatic heterocycles. The molecule has 0 atom stereocenters. The summed E-state index contributed by atoms with van der Waals surface area (Å²) in [4.78, 5) is 10.7. The van der Waals surface area contributed by atoms with Crippen LogP contribution in [-0.4, -0.2) is 12.6 Å². The average molecular weight is 140 g/mol. The van der Waals surface area contributed by atoms with Gasteiger partial charge in [-0.2, -0.15) is 0 Å². The van der Waals surface area contributed by atoms with E-state index in [9.17, 15) is 4.79 Å². The van der Waals surface area contributed by atoms with Crippen LogP contribution in [0.2, 0.25) is 0 Å². The highest BCUT2D eigenvalue weighted by atomic mass is 16.5. The second-order valence-electron chi connectivity index (χ2n) is 2.45. The molecule has 0 saturated heterocycles. The van der Waals surface area contributed by atoms with Crippen LogP contribution in [0.15, 0.2) is 12.2 Å². The number of rotatable bonds is 3. The third-order valence-electron chi connectivity index (χ3n) is 1.41. The van der Waals surface area contributed by atoms with Crippen LogP contribution in [0.4, 0.5) is 0 Å². The van der Waals surface area contributed by atoms with Gasteiger partial charge in [-0.3, -0.25) is 0 Å². The van der Waals surface area contributed by atoms with E-state index < -0.39 is 0 Å². The molecule has 0 radical (unpaired) electrons. The molecule has 1 saturated carbocycles. The minimum atomic E-state index is -0.214. The van der Waals surface area contributed by atoms with Crippen molar-refractivity contribution in [2.75, 3.05) is 6.61 Å². The van der Waals surface area contributed by atoms with Crippen molar-refractivity contribution in [3.05, 3.63) is 12.2 Å². The SMILES string of the molecule is CCOC(=O)C=CC1CC1. The standard InChI is InChI=1S/C8H12O2/c1-2-10-8(9)6-5-7-3-4-7/h5-7H,2-4H2,1H3. The quantitative estimate of drug-likeness (QED) is 0.439. The zero-order chi connectivity index (χ0) is 7.40. The first-order valence-electron chi connectivity index (χ1n) is 3.68. The Morgan fingerprint density at radius 1 is 1.70 bits per heavy atom. The van der Waals surface area contributed by atoms with E-state index in [1.165, 1.54) is 18.9 Å². The zero-order valence-electron chi connectivity index (χ0n) is 6.17. The van der Waals surface area contributed by atoms with E-state index in [1.54, 1.807) is 0 Å². The lowest BCUT2D eigenvalue weighted by molar-refractivity contribution is -0.137. The second-order valence-corrected chi connectivity index (χ2v) is 2.45. The first-order valence-corrected chi connectivity index (χ1v) is 3.68. The van der Waals surface area contributed by atoms with Crippen molar-refractivity contribution in [1.29, 1.82) is 0 Å². The summed E-state index contributed by atoms with van der Waals surface area (Å²) in [6.45, 7) is 2.27. The summed E-state index contributed by atoms with van der Waals surface area (Å²) >= 11 is 0. The maximum atomic E-state index is 10.7. The summed E-state index contributed by atoms with van der Waals surface area (Å²) in [6.07, 6.45) is 5.92. The molecular weight excluding hydrogens is 128 g/mol. The number of allylic oxidation sites excluding steroid dienone is 1. The Labute approximate surface area is 60.9 Å². The molecule has 2 nitrogen and oxygen atoms in total. The molecule has 0 heterocycles. The molecule has 0 unspecified atom stereocenters. The van der Waals surface area contributed by atoms with Gasteiger partial charge in [0, 0.05) is 6.08 Å². The minimum absolute atomic E-state index is 0.214. The molecule has 0 bridgehead atoms. The van der Waals surface area contributed by atoms with Gasteiger partial charge in [0.05, 0.1) is 6.61 Å². The van der Waals surface area contributed by atoms with Crippen molar-refractivity contribution < 1.29 is 9.53 Å². The van der Waals surface area contributed by atoms with Gasteiger partial charge in [-0.15, -0.1) is 0 Å². The molecule has 0 amide bonds. The number of carbonyl (C=O) groups is 1. The van der Waals surface area contributed by atoms with Gasteiger partial charge < -0.3 is 4.74 Å². The molecule has 1 fully saturated rings. The van der Waals surface area contributed by atoms with Gasteiger partial charge in [0.15, 0.2) is 0 Å². The lowest BCUT2D eigenvalue weighted by Crippen LogP contribution is -1.98. The molecule has 1 aliphatic rings. The molecule has 0 aromatic rings. The molecule has 2 heteroatoms. The Morgan fingerprint density at radius 3 is 2.90 bits per heavy atom. The van der Waals surface area contributed by atoms with Gasteiger partial charge in [-0.05, 0) is 25.7 Å². The fraction of sp³-hybridized carbons (Fsp3) is 0.625. The maximum absolute atomic E-state index is 10.7. The Bertz CT molecular complexity index is 145. The van der Waals surface area contributed by atoms with E-state index >= 15 is 0 Å². The topological polar surface area (TPSA) is 26.3 Å². The lowest BCUT2D eigenvalue weighted by Gasteiger charge is -1.92. The summed E-state index contributed by atoms with van der Waals surface area (Å²) in [5.41, 5.74) is 0. The van der Waals surface area contributed by atoms with E-state index in [4.69, 9.17) is 4.74 Å².